The average Bonchev–Trinajstić information content (AvgIpc) is 3.17. The Hall–Kier alpha value is -2.15. The Morgan fingerprint density at radius 3 is 3.00 bits per heavy atom. The maximum Gasteiger partial charge on any atom is 0.256 e. The number of imidazole rings is 1. The minimum Gasteiger partial charge on any atom is -0.348 e. The van der Waals surface area contributed by atoms with Crippen LogP contribution in [0.4, 0.5) is 0 Å². The van der Waals surface area contributed by atoms with Crippen molar-refractivity contribution in [2.75, 3.05) is 27.2 Å². The minimum atomic E-state index is -0.109. The Labute approximate surface area is 136 Å². The van der Waals surface area contributed by atoms with Crippen molar-refractivity contribution in [1.82, 2.24) is 30.0 Å². The molecule has 3 heterocycles. The number of hydrogen-bond acceptors (Lipinski definition) is 4. The van der Waals surface area contributed by atoms with E-state index in [1.165, 1.54) is 0 Å². The lowest BCUT2D eigenvalue weighted by atomic mass is 9.77. The molecule has 124 valence electrons. The number of H-pyrrole nitrogens is 2. The van der Waals surface area contributed by atoms with Gasteiger partial charge in [-0.25, -0.2) is 4.98 Å². The first-order valence-corrected chi connectivity index (χ1v) is 7.96. The number of aromatic nitrogens is 4. The number of hydrogen-bond donors (Lipinski definition) is 2. The van der Waals surface area contributed by atoms with Crippen molar-refractivity contribution in [1.29, 1.82) is 0 Å². The van der Waals surface area contributed by atoms with Gasteiger partial charge in [-0.1, -0.05) is 6.92 Å². The molecular formula is C16H24N6O. The quantitative estimate of drug-likeness (QED) is 0.893. The highest BCUT2D eigenvalue weighted by Gasteiger charge is 2.37. The molecule has 1 aliphatic heterocycles. The SMILES string of the molecule is CN(C)C(=O)c1cn[nH]c1C1(C)CCCN(Cc2ncc[nH]2)C1. The zero-order valence-corrected chi connectivity index (χ0v) is 14.0. The standard InChI is InChI=1S/C16H24N6O/c1-16(14-12(9-19-20-14)15(23)21(2)3)5-4-8-22(11-16)10-13-17-6-7-18-13/h6-7,9H,4-5,8,10-11H2,1-3H3,(H,17,18)(H,19,20). The van der Waals surface area contributed by atoms with Crippen molar-refractivity contribution < 1.29 is 4.79 Å². The van der Waals surface area contributed by atoms with Crippen LogP contribution in [-0.2, 0) is 12.0 Å². The summed E-state index contributed by atoms with van der Waals surface area (Å²) in [6.45, 7) is 4.93. The van der Waals surface area contributed by atoms with Crippen LogP contribution < -0.4 is 0 Å². The molecule has 23 heavy (non-hydrogen) atoms. The number of amides is 1. The Morgan fingerprint density at radius 2 is 2.30 bits per heavy atom. The van der Waals surface area contributed by atoms with Gasteiger partial charge in [0, 0.05) is 38.4 Å². The van der Waals surface area contributed by atoms with E-state index in [0.29, 0.717) is 5.56 Å². The van der Waals surface area contributed by atoms with Crippen molar-refractivity contribution in [2.45, 2.75) is 31.7 Å². The average molecular weight is 316 g/mol. The van der Waals surface area contributed by atoms with Crippen LogP contribution >= 0.6 is 0 Å². The molecule has 1 fully saturated rings. The molecule has 0 bridgehead atoms. The van der Waals surface area contributed by atoms with E-state index in [2.05, 4.69) is 32.0 Å². The van der Waals surface area contributed by atoms with Crippen LogP contribution in [0, 0.1) is 0 Å². The molecule has 0 aromatic carbocycles. The molecule has 2 aromatic rings. The second kappa shape index (κ2) is 6.16. The number of nitrogens with zero attached hydrogens (tertiary/aromatic N) is 4. The van der Waals surface area contributed by atoms with E-state index in [-0.39, 0.29) is 11.3 Å². The highest BCUT2D eigenvalue weighted by Crippen LogP contribution is 2.35. The Balaban J connectivity index is 1.81. The Kier molecular flexibility index (Phi) is 4.21. The molecule has 0 spiro atoms. The topological polar surface area (TPSA) is 80.9 Å². The summed E-state index contributed by atoms with van der Waals surface area (Å²) >= 11 is 0. The van der Waals surface area contributed by atoms with E-state index < -0.39 is 0 Å². The zero-order chi connectivity index (χ0) is 16.4. The first-order valence-electron chi connectivity index (χ1n) is 7.96. The van der Waals surface area contributed by atoms with E-state index in [1.807, 2.05) is 6.20 Å². The molecule has 1 unspecified atom stereocenters. The maximum atomic E-state index is 12.4. The van der Waals surface area contributed by atoms with Gasteiger partial charge in [-0.2, -0.15) is 5.10 Å². The van der Waals surface area contributed by atoms with Crippen LogP contribution in [0.2, 0.25) is 0 Å². The molecule has 2 N–H and O–H groups in total. The van der Waals surface area contributed by atoms with Gasteiger partial charge in [-0.05, 0) is 19.4 Å². The van der Waals surface area contributed by atoms with Gasteiger partial charge in [0.25, 0.3) is 5.91 Å². The molecule has 1 aliphatic rings. The third-order valence-electron chi connectivity index (χ3n) is 4.58. The molecule has 1 amide bonds. The molecule has 0 aliphatic carbocycles. The third kappa shape index (κ3) is 3.14. The summed E-state index contributed by atoms with van der Waals surface area (Å²) in [5, 5.41) is 7.22. The molecule has 0 saturated carbocycles. The van der Waals surface area contributed by atoms with Crippen LogP contribution in [0.15, 0.2) is 18.6 Å². The number of likely N-dealkylation sites (tertiary alicyclic amines) is 1. The second-order valence-electron chi connectivity index (χ2n) is 6.77. The predicted molar refractivity (Wildman–Crippen MR) is 87.1 cm³/mol. The van der Waals surface area contributed by atoms with Crippen LogP contribution in [0.1, 0.15) is 41.6 Å². The van der Waals surface area contributed by atoms with E-state index in [0.717, 1.165) is 44.0 Å². The summed E-state index contributed by atoms with van der Waals surface area (Å²) < 4.78 is 0. The Bertz CT molecular complexity index is 662. The van der Waals surface area contributed by atoms with Crippen molar-refractivity contribution in [2.24, 2.45) is 0 Å². The highest BCUT2D eigenvalue weighted by molar-refractivity contribution is 5.95. The lowest BCUT2D eigenvalue weighted by Gasteiger charge is -2.40. The van der Waals surface area contributed by atoms with E-state index in [1.54, 1.807) is 31.4 Å². The smallest absolute Gasteiger partial charge is 0.256 e. The minimum absolute atomic E-state index is 0.00173. The van der Waals surface area contributed by atoms with E-state index in [4.69, 9.17) is 0 Å². The molecule has 1 atom stereocenters. The molecule has 2 aromatic heterocycles. The number of aromatic amines is 2. The maximum absolute atomic E-state index is 12.4. The van der Waals surface area contributed by atoms with Crippen LogP contribution in [0.3, 0.4) is 0 Å². The molecule has 7 nitrogen and oxygen atoms in total. The summed E-state index contributed by atoms with van der Waals surface area (Å²) in [5.74, 6) is 0.974. The second-order valence-corrected chi connectivity index (χ2v) is 6.77. The fraction of sp³-hybridized carbons (Fsp3) is 0.562. The van der Waals surface area contributed by atoms with Crippen molar-refractivity contribution in [3.8, 4) is 0 Å². The molecular weight excluding hydrogens is 292 g/mol. The van der Waals surface area contributed by atoms with Gasteiger partial charge >= 0.3 is 0 Å². The normalized spacial score (nSPS) is 22.2. The number of carbonyl (C=O) groups is 1. The Morgan fingerprint density at radius 1 is 1.48 bits per heavy atom. The van der Waals surface area contributed by atoms with Gasteiger partial charge in [0.05, 0.1) is 24.0 Å². The first kappa shape index (κ1) is 15.7. The largest absolute Gasteiger partial charge is 0.348 e. The number of carbonyl (C=O) groups excluding carboxylic acids is 1. The van der Waals surface area contributed by atoms with Crippen molar-refractivity contribution in [3.63, 3.8) is 0 Å². The van der Waals surface area contributed by atoms with Crippen molar-refractivity contribution in [3.05, 3.63) is 35.7 Å². The van der Waals surface area contributed by atoms with Crippen LogP contribution in [0.5, 0.6) is 0 Å². The first-order chi connectivity index (χ1) is 11.0. The van der Waals surface area contributed by atoms with E-state index in [9.17, 15) is 4.79 Å². The molecule has 1 saturated heterocycles. The van der Waals surface area contributed by atoms with Gasteiger partial charge in [-0.3, -0.25) is 14.8 Å². The number of piperidine rings is 1. The lowest BCUT2D eigenvalue weighted by molar-refractivity contribution is 0.0820. The van der Waals surface area contributed by atoms with Crippen LogP contribution in [-0.4, -0.2) is 63.1 Å². The fourth-order valence-electron chi connectivity index (χ4n) is 3.43. The van der Waals surface area contributed by atoms with Gasteiger partial charge in [-0.15, -0.1) is 0 Å². The summed E-state index contributed by atoms with van der Waals surface area (Å²) in [7, 11) is 3.54. The lowest BCUT2D eigenvalue weighted by Crippen LogP contribution is -2.45. The summed E-state index contributed by atoms with van der Waals surface area (Å²) in [4.78, 5) is 23.8. The van der Waals surface area contributed by atoms with E-state index >= 15 is 0 Å². The van der Waals surface area contributed by atoms with Gasteiger partial charge < -0.3 is 9.88 Å². The zero-order valence-electron chi connectivity index (χ0n) is 14.0. The van der Waals surface area contributed by atoms with Gasteiger partial charge in [0.15, 0.2) is 0 Å². The monoisotopic (exact) mass is 316 g/mol. The summed E-state index contributed by atoms with van der Waals surface area (Å²) in [6, 6.07) is 0. The third-order valence-corrected chi connectivity index (χ3v) is 4.58. The molecule has 3 rings (SSSR count). The van der Waals surface area contributed by atoms with Gasteiger partial charge in [0.1, 0.15) is 5.82 Å². The molecule has 7 heteroatoms. The number of nitrogens with one attached hydrogen (secondary N) is 2. The van der Waals surface area contributed by atoms with Crippen LogP contribution in [0.25, 0.3) is 0 Å². The molecule has 0 radical (unpaired) electrons. The number of rotatable bonds is 4. The summed E-state index contributed by atoms with van der Waals surface area (Å²) in [5.41, 5.74) is 1.51. The van der Waals surface area contributed by atoms with Gasteiger partial charge in [0.2, 0.25) is 0 Å². The summed E-state index contributed by atoms with van der Waals surface area (Å²) in [6.07, 6.45) is 7.40. The highest BCUT2D eigenvalue weighted by atomic mass is 16.2. The predicted octanol–water partition coefficient (Wildman–Crippen LogP) is 1.39. The fourth-order valence-corrected chi connectivity index (χ4v) is 3.43. The van der Waals surface area contributed by atoms with Crippen molar-refractivity contribution >= 4 is 5.91 Å².